The van der Waals surface area contributed by atoms with Crippen LogP contribution >= 0.6 is 0 Å². The minimum Gasteiger partial charge on any atom is -0.389 e. The summed E-state index contributed by atoms with van der Waals surface area (Å²) in [7, 11) is 3.05. The van der Waals surface area contributed by atoms with Gasteiger partial charge in [-0.1, -0.05) is 0 Å². The van der Waals surface area contributed by atoms with Gasteiger partial charge < -0.3 is 48.1 Å². The average Bonchev–Trinajstić information content (AvgIpc) is 3.40. The van der Waals surface area contributed by atoms with Crippen LogP contribution in [0, 0.1) is 11.8 Å². The Balaban J connectivity index is 1.31. The summed E-state index contributed by atoms with van der Waals surface area (Å²) in [5, 5.41) is 21.3. The highest BCUT2D eigenvalue weighted by molar-refractivity contribution is 5.08. The summed E-state index contributed by atoms with van der Waals surface area (Å²) in [6.07, 6.45) is -5.72. The Labute approximate surface area is 188 Å². The maximum Gasteiger partial charge on any atom is 0.186 e. The SMILES string of the molecule is CO[C@H]1O[C@H]([C@H](O)CC#CC[C@@H](O)[C@H]2O[C@H](OC)[C@H]3OC(C)(C)O[C@H]32)[C@@H]2OC(C)(C)O[C@H]12. The molecule has 0 aliphatic carbocycles. The van der Waals surface area contributed by atoms with Crippen LogP contribution in [0.15, 0.2) is 0 Å². The number of fused-ring (bicyclic) bond motifs is 2. The molecule has 4 rings (SSSR count). The lowest BCUT2D eigenvalue weighted by molar-refractivity contribution is -0.236. The predicted molar refractivity (Wildman–Crippen MR) is 108 cm³/mol. The highest BCUT2D eigenvalue weighted by Gasteiger charge is 2.58. The zero-order valence-corrected chi connectivity index (χ0v) is 19.3. The van der Waals surface area contributed by atoms with Crippen molar-refractivity contribution in [3.8, 4) is 11.8 Å². The molecule has 0 unspecified atom stereocenters. The Hall–Kier alpha value is -0.840. The van der Waals surface area contributed by atoms with Gasteiger partial charge in [0, 0.05) is 27.1 Å². The van der Waals surface area contributed by atoms with Crippen molar-refractivity contribution in [2.75, 3.05) is 14.2 Å². The molecule has 0 spiro atoms. The summed E-state index contributed by atoms with van der Waals surface area (Å²) >= 11 is 0. The summed E-state index contributed by atoms with van der Waals surface area (Å²) in [6, 6.07) is 0. The van der Waals surface area contributed by atoms with Crippen molar-refractivity contribution >= 4 is 0 Å². The number of methoxy groups -OCH3 is 2. The van der Waals surface area contributed by atoms with Gasteiger partial charge in [-0.25, -0.2) is 0 Å². The fraction of sp³-hybridized carbons (Fsp3) is 0.909. The van der Waals surface area contributed by atoms with Crippen molar-refractivity contribution < 1.29 is 48.1 Å². The molecule has 0 aromatic heterocycles. The van der Waals surface area contributed by atoms with Gasteiger partial charge in [0.05, 0.1) is 12.2 Å². The molecule has 4 aliphatic heterocycles. The van der Waals surface area contributed by atoms with E-state index in [1.807, 2.05) is 27.7 Å². The Morgan fingerprint density at radius 1 is 0.688 bits per heavy atom. The first-order valence-electron chi connectivity index (χ1n) is 10.9. The Morgan fingerprint density at radius 2 is 1.03 bits per heavy atom. The van der Waals surface area contributed by atoms with Gasteiger partial charge in [0.15, 0.2) is 24.2 Å². The van der Waals surface area contributed by atoms with Crippen LogP contribution in [0.2, 0.25) is 0 Å². The van der Waals surface area contributed by atoms with Crippen LogP contribution in [0.1, 0.15) is 40.5 Å². The van der Waals surface area contributed by atoms with E-state index in [9.17, 15) is 10.2 Å². The van der Waals surface area contributed by atoms with Crippen LogP contribution in [-0.4, -0.2) is 97.4 Å². The van der Waals surface area contributed by atoms with Crippen molar-refractivity contribution in [1.82, 2.24) is 0 Å². The minimum absolute atomic E-state index is 0.145. The van der Waals surface area contributed by atoms with Gasteiger partial charge in [0.2, 0.25) is 0 Å². The Bertz CT molecular complexity index is 672. The van der Waals surface area contributed by atoms with Crippen molar-refractivity contribution in [1.29, 1.82) is 0 Å². The highest BCUT2D eigenvalue weighted by atomic mass is 16.8. The molecule has 4 aliphatic rings. The lowest BCUT2D eigenvalue weighted by Gasteiger charge is -2.25. The third-order valence-corrected chi connectivity index (χ3v) is 6.06. The molecule has 0 saturated carbocycles. The zero-order valence-electron chi connectivity index (χ0n) is 19.3. The first-order chi connectivity index (χ1) is 15.0. The van der Waals surface area contributed by atoms with Crippen molar-refractivity contribution in [3.05, 3.63) is 0 Å². The maximum absolute atomic E-state index is 10.6. The van der Waals surface area contributed by atoms with Crippen molar-refractivity contribution in [2.24, 2.45) is 0 Å². The number of hydrogen-bond acceptors (Lipinski definition) is 10. The average molecular weight is 459 g/mol. The fourth-order valence-electron chi connectivity index (χ4n) is 4.77. The number of rotatable bonds is 6. The molecule has 0 radical (unpaired) electrons. The number of ether oxygens (including phenoxy) is 8. The van der Waals surface area contributed by atoms with Gasteiger partial charge in [-0.3, -0.25) is 0 Å². The first kappa shape index (κ1) is 24.3. The van der Waals surface area contributed by atoms with E-state index in [-0.39, 0.29) is 12.8 Å². The second-order valence-corrected chi connectivity index (χ2v) is 9.44. The van der Waals surface area contributed by atoms with E-state index < -0.39 is 73.0 Å². The molecule has 0 amide bonds. The van der Waals surface area contributed by atoms with E-state index in [1.165, 1.54) is 14.2 Å². The molecule has 2 N–H and O–H groups in total. The quantitative estimate of drug-likeness (QED) is 0.538. The predicted octanol–water partition coefficient (Wildman–Crippen LogP) is 0.275. The topological polar surface area (TPSA) is 114 Å². The molecule has 10 nitrogen and oxygen atoms in total. The Morgan fingerprint density at radius 3 is 1.38 bits per heavy atom. The largest absolute Gasteiger partial charge is 0.389 e. The molecular weight excluding hydrogens is 424 g/mol. The molecule has 0 bridgehead atoms. The molecule has 0 aromatic carbocycles. The molecule has 4 heterocycles. The number of aliphatic hydroxyl groups excluding tert-OH is 2. The molecule has 182 valence electrons. The molecule has 4 fully saturated rings. The van der Waals surface area contributed by atoms with Crippen LogP contribution < -0.4 is 0 Å². The van der Waals surface area contributed by atoms with E-state index >= 15 is 0 Å². The molecule has 10 heteroatoms. The summed E-state index contributed by atoms with van der Waals surface area (Å²) < 4.78 is 45.7. The number of aliphatic hydroxyl groups is 2. The third-order valence-electron chi connectivity index (χ3n) is 6.06. The zero-order chi connectivity index (χ0) is 23.3. The molecule has 10 atom stereocenters. The molecular formula is C22H34O10. The van der Waals surface area contributed by atoms with Crippen LogP contribution in [0.4, 0.5) is 0 Å². The van der Waals surface area contributed by atoms with Gasteiger partial charge in [0.25, 0.3) is 0 Å². The highest BCUT2D eigenvalue weighted by Crippen LogP contribution is 2.41. The van der Waals surface area contributed by atoms with Crippen LogP contribution in [0.5, 0.6) is 0 Å². The van der Waals surface area contributed by atoms with Crippen LogP contribution in [0.25, 0.3) is 0 Å². The molecule has 32 heavy (non-hydrogen) atoms. The third kappa shape index (κ3) is 4.70. The minimum atomic E-state index is -0.901. The van der Waals surface area contributed by atoms with Gasteiger partial charge in [-0.2, -0.15) is 0 Å². The van der Waals surface area contributed by atoms with Gasteiger partial charge in [-0.15, -0.1) is 11.8 Å². The second-order valence-electron chi connectivity index (χ2n) is 9.44. The van der Waals surface area contributed by atoms with Gasteiger partial charge >= 0.3 is 0 Å². The number of hydrogen-bond donors (Lipinski definition) is 2. The maximum atomic E-state index is 10.6. The Kier molecular flexibility index (Phi) is 6.89. The lowest BCUT2D eigenvalue weighted by Crippen LogP contribution is -2.38. The summed E-state index contributed by atoms with van der Waals surface area (Å²) in [5.41, 5.74) is 0. The normalized spacial score (nSPS) is 43.4. The van der Waals surface area contributed by atoms with E-state index in [0.29, 0.717) is 0 Å². The summed E-state index contributed by atoms with van der Waals surface area (Å²) in [5.74, 6) is 4.28. The van der Waals surface area contributed by atoms with E-state index in [2.05, 4.69) is 11.8 Å². The smallest absolute Gasteiger partial charge is 0.186 e. The fourth-order valence-corrected chi connectivity index (χ4v) is 4.77. The van der Waals surface area contributed by atoms with Crippen LogP contribution in [-0.2, 0) is 37.9 Å². The standard InChI is InChI=1S/C22H34O10/c1-21(2)29-15-13(27-19(25-5)17(15)31-21)11(23)9-7-8-10-12(24)14-16-18(20(26-6)28-14)32-22(3,4)30-16/h11-20,23-24H,9-10H2,1-6H3/t11-,12-,13-,14-,15+,16+,17+,18+,19+,20+/m1/s1. The van der Waals surface area contributed by atoms with Crippen LogP contribution in [0.3, 0.4) is 0 Å². The van der Waals surface area contributed by atoms with Gasteiger partial charge in [-0.05, 0) is 27.7 Å². The monoisotopic (exact) mass is 458 g/mol. The van der Waals surface area contributed by atoms with E-state index in [0.717, 1.165) is 0 Å². The second kappa shape index (κ2) is 9.07. The lowest BCUT2D eigenvalue weighted by atomic mass is 10.0. The molecule has 4 saturated heterocycles. The first-order valence-corrected chi connectivity index (χ1v) is 10.9. The van der Waals surface area contributed by atoms with Crippen molar-refractivity contribution in [2.45, 2.75) is 114 Å². The summed E-state index contributed by atoms with van der Waals surface area (Å²) in [6.45, 7) is 7.25. The van der Waals surface area contributed by atoms with Crippen molar-refractivity contribution in [3.63, 3.8) is 0 Å². The molecule has 0 aromatic rings. The van der Waals surface area contributed by atoms with Gasteiger partial charge in [0.1, 0.15) is 36.6 Å². The van der Waals surface area contributed by atoms with E-state index in [1.54, 1.807) is 0 Å². The summed E-state index contributed by atoms with van der Waals surface area (Å²) in [4.78, 5) is 0. The van der Waals surface area contributed by atoms with E-state index in [4.69, 9.17) is 37.9 Å².